The molecule has 2 N–H and O–H groups in total. The standard InChI is InChI=1S/C21H18FN5O3/c22-16-15(9-28)30-21(19(16)29)27-11-26-18-17(24-10-25-20(18)27)14-6-13(7-23-8-14)12-4-2-1-3-5-12/h1-8,10-11,15-16,19,21,28-29H,9H2/t15-,16-,19-,21-/m1/s1. The van der Waals surface area contributed by atoms with Crippen molar-refractivity contribution in [2.24, 2.45) is 0 Å². The van der Waals surface area contributed by atoms with Crippen molar-refractivity contribution in [3.8, 4) is 22.4 Å². The van der Waals surface area contributed by atoms with E-state index in [0.717, 1.165) is 16.7 Å². The summed E-state index contributed by atoms with van der Waals surface area (Å²) >= 11 is 0. The van der Waals surface area contributed by atoms with Crippen molar-refractivity contribution in [3.63, 3.8) is 0 Å². The van der Waals surface area contributed by atoms with E-state index in [9.17, 15) is 14.6 Å². The summed E-state index contributed by atoms with van der Waals surface area (Å²) in [7, 11) is 0. The van der Waals surface area contributed by atoms with Crippen LogP contribution in [0.1, 0.15) is 6.23 Å². The summed E-state index contributed by atoms with van der Waals surface area (Å²) < 4.78 is 21.1. The Morgan fingerprint density at radius 2 is 1.83 bits per heavy atom. The van der Waals surface area contributed by atoms with Gasteiger partial charge >= 0.3 is 0 Å². The number of halogens is 1. The molecule has 0 aliphatic carbocycles. The normalized spacial score (nSPS) is 23.8. The second-order valence-electron chi connectivity index (χ2n) is 7.06. The van der Waals surface area contributed by atoms with Crippen LogP contribution in [0.3, 0.4) is 0 Å². The lowest BCUT2D eigenvalue weighted by molar-refractivity contribution is -0.0495. The highest BCUT2D eigenvalue weighted by molar-refractivity contribution is 5.88. The number of hydrogen-bond acceptors (Lipinski definition) is 7. The fraction of sp³-hybridized carbons (Fsp3) is 0.238. The summed E-state index contributed by atoms with van der Waals surface area (Å²) in [6.07, 6.45) is 0.976. The molecule has 0 amide bonds. The van der Waals surface area contributed by atoms with Crippen LogP contribution in [0.5, 0.6) is 0 Å². The molecule has 30 heavy (non-hydrogen) atoms. The van der Waals surface area contributed by atoms with Gasteiger partial charge in [-0.1, -0.05) is 30.3 Å². The lowest BCUT2D eigenvalue weighted by Crippen LogP contribution is -2.29. The number of rotatable bonds is 4. The van der Waals surface area contributed by atoms with Gasteiger partial charge in [-0.25, -0.2) is 19.3 Å². The Morgan fingerprint density at radius 3 is 2.60 bits per heavy atom. The quantitative estimate of drug-likeness (QED) is 0.534. The summed E-state index contributed by atoms with van der Waals surface area (Å²) in [6.45, 7) is -0.528. The molecule has 1 aromatic carbocycles. The number of pyridine rings is 1. The zero-order chi connectivity index (χ0) is 20.7. The van der Waals surface area contributed by atoms with E-state index in [-0.39, 0.29) is 0 Å². The van der Waals surface area contributed by atoms with Gasteiger partial charge in [0.15, 0.2) is 18.0 Å². The number of aliphatic hydroxyl groups is 2. The minimum Gasteiger partial charge on any atom is -0.394 e. The molecule has 5 rings (SSSR count). The number of aromatic nitrogens is 5. The van der Waals surface area contributed by atoms with Crippen LogP contribution in [-0.2, 0) is 4.74 Å². The van der Waals surface area contributed by atoms with Crippen molar-refractivity contribution >= 4 is 11.2 Å². The van der Waals surface area contributed by atoms with Crippen LogP contribution < -0.4 is 0 Å². The molecule has 4 atom stereocenters. The van der Waals surface area contributed by atoms with Crippen molar-refractivity contribution in [2.75, 3.05) is 6.61 Å². The van der Waals surface area contributed by atoms with Crippen LogP contribution in [0.4, 0.5) is 4.39 Å². The lowest BCUT2D eigenvalue weighted by Gasteiger charge is -2.16. The third-order valence-electron chi connectivity index (χ3n) is 5.22. The highest BCUT2D eigenvalue weighted by atomic mass is 19.1. The average molecular weight is 407 g/mol. The van der Waals surface area contributed by atoms with E-state index >= 15 is 0 Å². The second-order valence-corrected chi connectivity index (χ2v) is 7.06. The zero-order valence-electron chi connectivity index (χ0n) is 15.7. The molecule has 1 fully saturated rings. The van der Waals surface area contributed by atoms with E-state index in [4.69, 9.17) is 4.74 Å². The number of alkyl halides is 1. The molecule has 0 spiro atoms. The lowest BCUT2D eigenvalue weighted by atomic mass is 10.0. The maximum atomic E-state index is 14.2. The number of hydrogen-bond donors (Lipinski definition) is 2. The highest BCUT2D eigenvalue weighted by Crippen LogP contribution is 2.34. The van der Waals surface area contributed by atoms with Gasteiger partial charge in [0.1, 0.15) is 29.7 Å². The van der Waals surface area contributed by atoms with Gasteiger partial charge in [-0.2, -0.15) is 0 Å². The monoisotopic (exact) mass is 407 g/mol. The van der Waals surface area contributed by atoms with Crippen LogP contribution in [0, 0.1) is 0 Å². The van der Waals surface area contributed by atoms with Crippen LogP contribution >= 0.6 is 0 Å². The van der Waals surface area contributed by atoms with Crippen molar-refractivity contribution in [1.82, 2.24) is 24.5 Å². The number of benzene rings is 1. The minimum absolute atomic E-state index is 0.389. The van der Waals surface area contributed by atoms with Crippen LogP contribution in [0.2, 0.25) is 0 Å². The Balaban J connectivity index is 1.57. The van der Waals surface area contributed by atoms with Gasteiger partial charge in [0.2, 0.25) is 0 Å². The molecule has 0 saturated carbocycles. The van der Waals surface area contributed by atoms with Crippen molar-refractivity contribution < 1.29 is 19.3 Å². The predicted octanol–water partition coefficient (Wildman–Crippen LogP) is 2.14. The fourth-order valence-electron chi connectivity index (χ4n) is 3.69. The van der Waals surface area contributed by atoms with E-state index < -0.39 is 31.2 Å². The fourth-order valence-corrected chi connectivity index (χ4v) is 3.69. The topological polar surface area (TPSA) is 106 Å². The van der Waals surface area contributed by atoms with Gasteiger partial charge in [0, 0.05) is 23.5 Å². The maximum absolute atomic E-state index is 14.2. The van der Waals surface area contributed by atoms with E-state index in [0.29, 0.717) is 16.9 Å². The third kappa shape index (κ3) is 3.04. The molecule has 152 valence electrons. The number of nitrogens with zero attached hydrogens (tertiary/aromatic N) is 5. The Bertz CT molecular complexity index is 1190. The molecule has 4 heterocycles. The van der Waals surface area contributed by atoms with Gasteiger partial charge in [-0.3, -0.25) is 9.55 Å². The molecule has 0 bridgehead atoms. The Kier molecular flexibility index (Phi) is 4.70. The third-order valence-corrected chi connectivity index (χ3v) is 5.22. The predicted molar refractivity (Wildman–Crippen MR) is 106 cm³/mol. The van der Waals surface area contributed by atoms with E-state index in [1.54, 1.807) is 12.4 Å². The summed E-state index contributed by atoms with van der Waals surface area (Å²) in [5.74, 6) is 0. The molecule has 0 unspecified atom stereocenters. The average Bonchev–Trinajstić information content (AvgIpc) is 3.35. The summed E-state index contributed by atoms with van der Waals surface area (Å²) in [6, 6.07) is 11.8. The second kappa shape index (κ2) is 7.52. The first-order valence-corrected chi connectivity index (χ1v) is 9.44. The molecular formula is C21H18FN5O3. The van der Waals surface area contributed by atoms with Gasteiger partial charge in [-0.05, 0) is 11.6 Å². The van der Waals surface area contributed by atoms with Gasteiger partial charge in [0.25, 0.3) is 0 Å². The number of ether oxygens (including phenoxy) is 1. The Labute approximate surface area is 170 Å². The van der Waals surface area contributed by atoms with Crippen molar-refractivity contribution in [3.05, 3.63) is 61.4 Å². The Hall–Kier alpha value is -3.27. The van der Waals surface area contributed by atoms with E-state index in [1.807, 2.05) is 36.4 Å². The van der Waals surface area contributed by atoms with Crippen LogP contribution in [0.25, 0.3) is 33.5 Å². The van der Waals surface area contributed by atoms with Gasteiger partial charge < -0.3 is 14.9 Å². The number of imidazole rings is 1. The summed E-state index contributed by atoms with van der Waals surface area (Å²) in [5, 5.41) is 19.5. The number of fused-ring (bicyclic) bond motifs is 1. The highest BCUT2D eigenvalue weighted by Gasteiger charge is 2.45. The van der Waals surface area contributed by atoms with E-state index in [2.05, 4.69) is 19.9 Å². The zero-order valence-corrected chi connectivity index (χ0v) is 15.7. The first-order valence-electron chi connectivity index (χ1n) is 9.44. The van der Waals surface area contributed by atoms with Crippen molar-refractivity contribution in [1.29, 1.82) is 0 Å². The molecule has 8 nitrogen and oxygen atoms in total. The molecule has 1 aliphatic heterocycles. The summed E-state index contributed by atoms with van der Waals surface area (Å²) in [4.78, 5) is 17.3. The van der Waals surface area contributed by atoms with Crippen LogP contribution in [0.15, 0.2) is 61.4 Å². The summed E-state index contributed by atoms with van der Waals surface area (Å²) in [5.41, 5.74) is 4.13. The van der Waals surface area contributed by atoms with Crippen LogP contribution in [-0.4, -0.2) is 59.7 Å². The smallest absolute Gasteiger partial charge is 0.166 e. The first-order chi connectivity index (χ1) is 14.7. The van der Waals surface area contributed by atoms with Gasteiger partial charge in [-0.15, -0.1) is 0 Å². The molecule has 4 aromatic rings. The number of aliphatic hydroxyl groups excluding tert-OH is 2. The van der Waals surface area contributed by atoms with Gasteiger partial charge in [0.05, 0.1) is 12.9 Å². The SMILES string of the molecule is OC[C@H]1O[C@@H](n2cnc3c(-c4cncc(-c5ccccc5)c4)ncnc32)[C@H](O)[C@@H]1F. The molecule has 1 aliphatic rings. The molecule has 9 heteroatoms. The molecule has 3 aromatic heterocycles. The molecular weight excluding hydrogens is 389 g/mol. The first kappa shape index (κ1) is 18.7. The Morgan fingerprint density at radius 1 is 1.03 bits per heavy atom. The maximum Gasteiger partial charge on any atom is 0.166 e. The largest absolute Gasteiger partial charge is 0.394 e. The molecule has 0 radical (unpaired) electrons. The van der Waals surface area contributed by atoms with E-state index in [1.165, 1.54) is 17.2 Å². The molecule has 1 saturated heterocycles. The minimum atomic E-state index is -1.70. The van der Waals surface area contributed by atoms with Crippen molar-refractivity contribution in [2.45, 2.75) is 24.6 Å².